The molecule has 0 saturated heterocycles. The molecule has 0 aliphatic rings. The highest BCUT2D eigenvalue weighted by Gasteiger charge is 2.13. The van der Waals surface area contributed by atoms with Gasteiger partial charge in [0.15, 0.2) is 6.10 Å². The molecular formula is C10H12N2O2S. The third-order valence-corrected chi connectivity index (χ3v) is 2.08. The summed E-state index contributed by atoms with van der Waals surface area (Å²) < 4.78 is 5.33. The van der Waals surface area contributed by atoms with E-state index in [1.807, 2.05) is 0 Å². The molecule has 0 radical (unpaired) electrons. The summed E-state index contributed by atoms with van der Waals surface area (Å²) in [4.78, 5) is 11.0. The summed E-state index contributed by atoms with van der Waals surface area (Å²) >= 11 is 4.85. The van der Waals surface area contributed by atoms with Crippen molar-refractivity contribution in [3.05, 3.63) is 29.8 Å². The Bertz CT molecular complexity index is 393. The molecule has 0 bridgehead atoms. The SMILES string of the molecule is CC(Oc1ccccc1C(N)=S)C(N)=O. The van der Waals surface area contributed by atoms with E-state index in [1.165, 1.54) is 0 Å². The van der Waals surface area contributed by atoms with E-state index in [0.717, 1.165) is 0 Å². The van der Waals surface area contributed by atoms with Crippen molar-refractivity contribution in [3.63, 3.8) is 0 Å². The number of carbonyl (C=O) groups excluding carboxylic acids is 1. The van der Waals surface area contributed by atoms with Gasteiger partial charge >= 0.3 is 0 Å². The minimum Gasteiger partial charge on any atom is -0.480 e. The summed E-state index contributed by atoms with van der Waals surface area (Å²) in [6, 6.07) is 6.97. The molecule has 0 aliphatic carbocycles. The Labute approximate surface area is 93.2 Å². The van der Waals surface area contributed by atoms with Gasteiger partial charge in [-0.3, -0.25) is 4.79 Å². The van der Waals surface area contributed by atoms with Gasteiger partial charge in [-0.2, -0.15) is 0 Å². The van der Waals surface area contributed by atoms with Crippen molar-refractivity contribution >= 4 is 23.1 Å². The van der Waals surface area contributed by atoms with Crippen LogP contribution >= 0.6 is 12.2 Å². The number of nitrogens with two attached hydrogens (primary N) is 2. The highest BCUT2D eigenvalue weighted by atomic mass is 32.1. The molecule has 0 spiro atoms. The monoisotopic (exact) mass is 224 g/mol. The lowest BCUT2D eigenvalue weighted by molar-refractivity contribution is -0.123. The Morgan fingerprint density at radius 3 is 2.53 bits per heavy atom. The van der Waals surface area contributed by atoms with Crippen molar-refractivity contribution < 1.29 is 9.53 Å². The normalized spacial score (nSPS) is 11.8. The van der Waals surface area contributed by atoms with Gasteiger partial charge in [-0.05, 0) is 19.1 Å². The summed E-state index contributed by atoms with van der Waals surface area (Å²) in [6.45, 7) is 1.57. The molecule has 1 rings (SSSR count). The second kappa shape index (κ2) is 4.75. The Hall–Kier alpha value is -1.62. The standard InChI is InChI=1S/C10H12N2O2S/c1-6(9(11)13)14-8-5-3-2-4-7(8)10(12)15/h2-6H,1H3,(H2,11,13)(H2,12,15). The minimum atomic E-state index is -0.708. The fraction of sp³-hybridized carbons (Fsp3) is 0.200. The molecule has 0 fully saturated rings. The average Bonchev–Trinajstić information content (AvgIpc) is 2.18. The van der Waals surface area contributed by atoms with E-state index < -0.39 is 12.0 Å². The lowest BCUT2D eigenvalue weighted by Crippen LogP contribution is -2.31. The van der Waals surface area contributed by atoms with Crippen LogP contribution in [0.1, 0.15) is 12.5 Å². The fourth-order valence-corrected chi connectivity index (χ4v) is 1.19. The average molecular weight is 224 g/mol. The molecule has 1 amide bonds. The highest BCUT2D eigenvalue weighted by Crippen LogP contribution is 2.18. The van der Waals surface area contributed by atoms with E-state index in [-0.39, 0.29) is 4.99 Å². The molecule has 1 unspecified atom stereocenters. The first-order valence-electron chi connectivity index (χ1n) is 4.37. The van der Waals surface area contributed by atoms with Gasteiger partial charge in [0.05, 0.1) is 5.56 Å². The molecule has 4 N–H and O–H groups in total. The number of carbonyl (C=O) groups is 1. The summed E-state index contributed by atoms with van der Waals surface area (Å²) in [5.41, 5.74) is 11.2. The van der Waals surface area contributed by atoms with Gasteiger partial charge in [0.25, 0.3) is 5.91 Å². The third kappa shape index (κ3) is 2.92. The van der Waals surface area contributed by atoms with E-state index in [0.29, 0.717) is 11.3 Å². The largest absolute Gasteiger partial charge is 0.480 e. The van der Waals surface area contributed by atoms with E-state index in [1.54, 1.807) is 31.2 Å². The molecule has 0 aromatic heterocycles. The molecule has 0 aliphatic heterocycles. The molecule has 0 heterocycles. The number of amides is 1. The topological polar surface area (TPSA) is 78.3 Å². The van der Waals surface area contributed by atoms with Crippen LogP contribution in [0.2, 0.25) is 0 Å². The molecule has 15 heavy (non-hydrogen) atoms. The number of thiocarbonyl (C=S) groups is 1. The summed E-state index contributed by atoms with van der Waals surface area (Å²) in [5.74, 6) is -0.0657. The maximum atomic E-state index is 10.8. The first-order valence-corrected chi connectivity index (χ1v) is 4.78. The van der Waals surface area contributed by atoms with Gasteiger partial charge in [-0.15, -0.1) is 0 Å². The lowest BCUT2D eigenvalue weighted by atomic mass is 10.2. The lowest BCUT2D eigenvalue weighted by Gasteiger charge is -2.13. The number of para-hydroxylation sites is 1. The smallest absolute Gasteiger partial charge is 0.258 e. The zero-order valence-electron chi connectivity index (χ0n) is 8.27. The van der Waals surface area contributed by atoms with Crippen LogP contribution in [0.25, 0.3) is 0 Å². The number of hydrogen-bond acceptors (Lipinski definition) is 3. The molecule has 1 aromatic carbocycles. The van der Waals surface area contributed by atoms with Crippen molar-refractivity contribution in [1.29, 1.82) is 0 Å². The van der Waals surface area contributed by atoms with Gasteiger partial charge in [-0.1, -0.05) is 24.4 Å². The maximum absolute atomic E-state index is 10.8. The van der Waals surface area contributed by atoms with E-state index in [9.17, 15) is 4.79 Å². The van der Waals surface area contributed by atoms with Crippen molar-refractivity contribution in [3.8, 4) is 5.75 Å². The Morgan fingerprint density at radius 2 is 2.00 bits per heavy atom. The molecule has 1 atom stereocenters. The molecular weight excluding hydrogens is 212 g/mol. The van der Waals surface area contributed by atoms with Crippen LogP contribution in [0.15, 0.2) is 24.3 Å². The quantitative estimate of drug-likeness (QED) is 0.733. The van der Waals surface area contributed by atoms with E-state index in [2.05, 4.69) is 0 Å². The van der Waals surface area contributed by atoms with Crippen LogP contribution in [0.4, 0.5) is 0 Å². The molecule has 4 nitrogen and oxygen atoms in total. The second-order valence-corrected chi connectivity index (χ2v) is 3.46. The van der Waals surface area contributed by atoms with E-state index >= 15 is 0 Å². The zero-order chi connectivity index (χ0) is 11.4. The predicted octanol–water partition coefficient (Wildman–Crippen LogP) is 0.573. The summed E-state index contributed by atoms with van der Waals surface area (Å²) in [7, 11) is 0. The highest BCUT2D eigenvalue weighted by molar-refractivity contribution is 7.80. The van der Waals surface area contributed by atoms with Crippen LogP contribution in [-0.2, 0) is 4.79 Å². The van der Waals surface area contributed by atoms with Crippen molar-refractivity contribution in [1.82, 2.24) is 0 Å². The van der Waals surface area contributed by atoms with Gasteiger partial charge in [0.1, 0.15) is 10.7 Å². The van der Waals surface area contributed by atoms with Gasteiger partial charge in [-0.25, -0.2) is 0 Å². The van der Waals surface area contributed by atoms with Crippen molar-refractivity contribution in [2.24, 2.45) is 11.5 Å². The van der Waals surface area contributed by atoms with Crippen LogP contribution in [0.5, 0.6) is 5.75 Å². The Balaban J connectivity index is 2.94. The summed E-state index contributed by atoms with van der Waals surface area (Å²) in [5, 5.41) is 0. The molecule has 5 heteroatoms. The first kappa shape index (κ1) is 11.5. The number of primary amides is 1. The number of rotatable bonds is 4. The van der Waals surface area contributed by atoms with Crippen molar-refractivity contribution in [2.75, 3.05) is 0 Å². The van der Waals surface area contributed by atoms with Gasteiger partial charge < -0.3 is 16.2 Å². The second-order valence-electron chi connectivity index (χ2n) is 3.02. The van der Waals surface area contributed by atoms with Crippen LogP contribution in [0, 0.1) is 0 Å². The van der Waals surface area contributed by atoms with E-state index in [4.69, 9.17) is 28.4 Å². The number of benzene rings is 1. The summed E-state index contributed by atoms with van der Waals surface area (Å²) in [6.07, 6.45) is -0.708. The molecule has 0 saturated carbocycles. The Morgan fingerprint density at radius 1 is 1.40 bits per heavy atom. The fourth-order valence-electron chi connectivity index (χ4n) is 1.02. The predicted molar refractivity (Wildman–Crippen MR) is 61.6 cm³/mol. The number of hydrogen-bond donors (Lipinski definition) is 2. The molecule has 1 aromatic rings. The zero-order valence-corrected chi connectivity index (χ0v) is 9.08. The maximum Gasteiger partial charge on any atom is 0.258 e. The minimum absolute atomic E-state index is 0.224. The van der Waals surface area contributed by atoms with Crippen molar-refractivity contribution in [2.45, 2.75) is 13.0 Å². The van der Waals surface area contributed by atoms with Crippen LogP contribution in [0.3, 0.4) is 0 Å². The molecule has 80 valence electrons. The first-order chi connectivity index (χ1) is 7.02. The third-order valence-electron chi connectivity index (χ3n) is 1.86. The van der Waals surface area contributed by atoms with Gasteiger partial charge in [0, 0.05) is 0 Å². The number of ether oxygens (including phenoxy) is 1. The van der Waals surface area contributed by atoms with Crippen LogP contribution < -0.4 is 16.2 Å². The van der Waals surface area contributed by atoms with Crippen LogP contribution in [-0.4, -0.2) is 17.0 Å². The van der Waals surface area contributed by atoms with Gasteiger partial charge in [0.2, 0.25) is 0 Å². The Kier molecular flexibility index (Phi) is 3.62.